The van der Waals surface area contributed by atoms with Crippen molar-refractivity contribution >= 4 is 17.1 Å². The second-order valence-electron chi connectivity index (χ2n) is 4.17. The van der Waals surface area contributed by atoms with E-state index in [1.165, 1.54) is 0 Å². The van der Waals surface area contributed by atoms with Crippen molar-refractivity contribution in [3.05, 3.63) is 12.0 Å². The van der Waals surface area contributed by atoms with E-state index in [4.69, 9.17) is 10.5 Å². The number of rotatable bonds is 2. The SMILES string of the molecule is CCc1nc(N)nc2c1ncn2C1CCCO1. The van der Waals surface area contributed by atoms with E-state index in [-0.39, 0.29) is 6.23 Å². The van der Waals surface area contributed by atoms with Gasteiger partial charge in [-0.15, -0.1) is 0 Å². The summed E-state index contributed by atoms with van der Waals surface area (Å²) in [5.41, 5.74) is 8.23. The van der Waals surface area contributed by atoms with E-state index in [1.54, 1.807) is 6.33 Å². The molecule has 90 valence electrons. The molecule has 2 N–H and O–H groups in total. The molecule has 0 aromatic carbocycles. The Hall–Kier alpha value is -1.69. The average Bonchev–Trinajstić information content (AvgIpc) is 2.94. The largest absolute Gasteiger partial charge is 0.368 e. The lowest BCUT2D eigenvalue weighted by atomic mass is 10.3. The van der Waals surface area contributed by atoms with Crippen molar-refractivity contribution in [2.24, 2.45) is 0 Å². The Morgan fingerprint density at radius 3 is 3.12 bits per heavy atom. The molecule has 2 aromatic rings. The first-order chi connectivity index (χ1) is 8.29. The number of imidazole rings is 1. The van der Waals surface area contributed by atoms with Gasteiger partial charge in [-0.3, -0.25) is 4.57 Å². The maximum atomic E-state index is 5.72. The third-order valence-corrected chi connectivity index (χ3v) is 3.06. The topological polar surface area (TPSA) is 78.9 Å². The number of nitrogens with zero attached hydrogens (tertiary/aromatic N) is 4. The van der Waals surface area contributed by atoms with Gasteiger partial charge >= 0.3 is 0 Å². The summed E-state index contributed by atoms with van der Waals surface area (Å²) in [6, 6.07) is 0. The predicted octanol–water partition coefficient (Wildman–Crippen LogP) is 1.28. The average molecular weight is 233 g/mol. The molecule has 0 radical (unpaired) electrons. The quantitative estimate of drug-likeness (QED) is 0.845. The van der Waals surface area contributed by atoms with Gasteiger partial charge in [-0.05, 0) is 19.3 Å². The van der Waals surface area contributed by atoms with Crippen LogP contribution in [-0.4, -0.2) is 26.1 Å². The number of fused-ring (bicyclic) bond motifs is 1. The Morgan fingerprint density at radius 2 is 2.41 bits per heavy atom. The molecule has 0 aliphatic carbocycles. The molecule has 1 atom stereocenters. The Bertz CT molecular complexity index is 544. The number of aromatic nitrogens is 4. The summed E-state index contributed by atoms with van der Waals surface area (Å²) < 4.78 is 7.60. The molecular formula is C11H15N5O. The second-order valence-corrected chi connectivity index (χ2v) is 4.17. The summed E-state index contributed by atoms with van der Waals surface area (Å²) in [5.74, 6) is 0.300. The maximum absolute atomic E-state index is 5.72. The van der Waals surface area contributed by atoms with Crippen molar-refractivity contribution in [3.63, 3.8) is 0 Å². The van der Waals surface area contributed by atoms with Gasteiger partial charge in [-0.1, -0.05) is 6.92 Å². The Kier molecular flexibility index (Phi) is 2.44. The number of nitrogen functional groups attached to an aromatic ring is 1. The van der Waals surface area contributed by atoms with Crippen molar-refractivity contribution in [1.82, 2.24) is 19.5 Å². The van der Waals surface area contributed by atoms with Gasteiger partial charge in [0.05, 0.1) is 12.0 Å². The van der Waals surface area contributed by atoms with Crippen LogP contribution in [0.15, 0.2) is 6.33 Å². The molecule has 0 saturated carbocycles. The summed E-state index contributed by atoms with van der Waals surface area (Å²) in [5, 5.41) is 0. The van der Waals surface area contributed by atoms with Crippen LogP contribution < -0.4 is 5.73 Å². The highest BCUT2D eigenvalue weighted by Crippen LogP contribution is 2.27. The molecule has 0 spiro atoms. The minimum Gasteiger partial charge on any atom is -0.368 e. The first-order valence-electron chi connectivity index (χ1n) is 5.90. The van der Waals surface area contributed by atoms with E-state index in [9.17, 15) is 0 Å². The van der Waals surface area contributed by atoms with Crippen molar-refractivity contribution in [3.8, 4) is 0 Å². The zero-order chi connectivity index (χ0) is 11.8. The van der Waals surface area contributed by atoms with Crippen molar-refractivity contribution in [2.75, 3.05) is 12.3 Å². The lowest BCUT2D eigenvalue weighted by molar-refractivity contribution is 0.0593. The highest BCUT2D eigenvalue weighted by Gasteiger charge is 2.21. The highest BCUT2D eigenvalue weighted by atomic mass is 16.5. The zero-order valence-electron chi connectivity index (χ0n) is 9.76. The molecule has 17 heavy (non-hydrogen) atoms. The number of anilines is 1. The normalized spacial score (nSPS) is 20.2. The minimum absolute atomic E-state index is 0.0407. The minimum atomic E-state index is 0.0407. The smallest absolute Gasteiger partial charge is 0.222 e. The fourth-order valence-electron chi connectivity index (χ4n) is 2.23. The Labute approximate surface area is 98.8 Å². The molecule has 1 saturated heterocycles. The molecule has 3 heterocycles. The molecule has 1 aliphatic rings. The van der Waals surface area contributed by atoms with Gasteiger partial charge in [0.25, 0.3) is 0 Å². The predicted molar refractivity (Wildman–Crippen MR) is 63.3 cm³/mol. The molecular weight excluding hydrogens is 218 g/mol. The van der Waals surface area contributed by atoms with Crippen molar-refractivity contribution in [1.29, 1.82) is 0 Å². The lowest BCUT2D eigenvalue weighted by Crippen LogP contribution is -2.08. The van der Waals surface area contributed by atoms with E-state index >= 15 is 0 Å². The van der Waals surface area contributed by atoms with E-state index < -0.39 is 0 Å². The Morgan fingerprint density at radius 1 is 1.53 bits per heavy atom. The van der Waals surface area contributed by atoms with Gasteiger partial charge in [0.2, 0.25) is 5.95 Å². The van der Waals surface area contributed by atoms with Crippen molar-refractivity contribution in [2.45, 2.75) is 32.4 Å². The molecule has 6 heteroatoms. The fourth-order valence-corrected chi connectivity index (χ4v) is 2.23. The van der Waals surface area contributed by atoms with Crippen LogP contribution in [0.2, 0.25) is 0 Å². The monoisotopic (exact) mass is 233 g/mol. The lowest BCUT2D eigenvalue weighted by Gasteiger charge is -2.11. The number of aryl methyl sites for hydroxylation is 1. The molecule has 1 unspecified atom stereocenters. The van der Waals surface area contributed by atoms with Crippen LogP contribution >= 0.6 is 0 Å². The van der Waals surface area contributed by atoms with Gasteiger partial charge in [0.15, 0.2) is 5.65 Å². The summed E-state index contributed by atoms with van der Waals surface area (Å²) in [6.07, 6.45) is 4.68. The molecule has 2 aromatic heterocycles. The van der Waals surface area contributed by atoms with Gasteiger partial charge < -0.3 is 10.5 Å². The van der Waals surface area contributed by atoms with Crippen LogP contribution in [0.4, 0.5) is 5.95 Å². The molecule has 1 fully saturated rings. The summed E-state index contributed by atoms with van der Waals surface area (Å²) in [6.45, 7) is 2.83. The first-order valence-corrected chi connectivity index (χ1v) is 5.90. The number of ether oxygens (including phenoxy) is 1. The van der Waals surface area contributed by atoms with Crippen LogP contribution in [0, 0.1) is 0 Å². The highest BCUT2D eigenvalue weighted by molar-refractivity contribution is 5.74. The first kappa shape index (κ1) is 10.5. The van der Waals surface area contributed by atoms with Gasteiger partial charge in [-0.25, -0.2) is 9.97 Å². The zero-order valence-corrected chi connectivity index (χ0v) is 9.76. The molecule has 1 aliphatic heterocycles. The van der Waals surface area contributed by atoms with Gasteiger partial charge in [0.1, 0.15) is 11.7 Å². The van der Waals surface area contributed by atoms with Gasteiger partial charge in [-0.2, -0.15) is 4.98 Å². The summed E-state index contributed by atoms with van der Waals surface area (Å²) in [7, 11) is 0. The number of hydrogen-bond acceptors (Lipinski definition) is 5. The third kappa shape index (κ3) is 1.64. The van der Waals surface area contributed by atoms with Crippen LogP contribution in [0.5, 0.6) is 0 Å². The van der Waals surface area contributed by atoms with Gasteiger partial charge in [0, 0.05) is 6.61 Å². The molecule has 0 amide bonds. The summed E-state index contributed by atoms with van der Waals surface area (Å²) in [4.78, 5) is 12.9. The molecule has 3 rings (SSSR count). The number of hydrogen-bond donors (Lipinski definition) is 1. The summed E-state index contributed by atoms with van der Waals surface area (Å²) >= 11 is 0. The van der Waals surface area contributed by atoms with Crippen LogP contribution in [0.25, 0.3) is 11.2 Å². The third-order valence-electron chi connectivity index (χ3n) is 3.06. The van der Waals surface area contributed by atoms with Crippen LogP contribution in [0.3, 0.4) is 0 Å². The van der Waals surface area contributed by atoms with Crippen LogP contribution in [0.1, 0.15) is 31.7 Å². The van der Waals surface area contributed by atoms with E-state index in [0.717, 1.165) is 42.7 Å². The number of nitrogens with two attached hydrogens (primary N) is 1. The standard InChI is InChI=1S/C11H15N5O/c1-2-7-9-10(15-11(12)14-7)16(6-13-9)8-4-3-5-17-8/h6,8H,2-5H2,1H3,(H2,12,14,15). The molecule has 0 bridgehead atoms. The Balaban J connectivity index is 2.17. The second kappa shape index (κ2) is 3.96. The van der Waals surface area contributed by atoms with E-state index in [1.807, 2.05) is 11.5 Å². The molecule has 6 nitrogen and oxygen atoms in total. The van der Waals surface area contributed by atoms with Crippen LogP contribution in [-0.2, 0) is 11.2 Å². The van der Waals surface area contributed by atoms with E-state index in [2.05, 4.69) is 15.0 Å². The van der Waals surface area contributed by atoms with Crippen molar-refractivity contribution < 1.29 is 4.74 Å². The van der Waals surface area contributed by atoms with E-state index in [0.29, 0.717) is 5.95 Å². The fraction of sp³-hybridized carbons (Fsp3) is 0.545. The maximum Gasteiger partial charge on any atom is 0.222 e.